The van der Waals surface area contributed by atoms with Crippen LogP contribution < -0.4 is 20.7 Å². The number of carbonyl (C=O) groups excluding carboxylic acids is 2. The molecule has 1 saturated heterocycles. The molecule has 1 fully saturated rings. The van der Waals surface area contributed by atoms with E-state index in [0.29, 0.717) is 40.5 Å². The van der Waals surface area contributed by atoms with Crippen LogP contribution in [0.2, 0.25) is 0 Å². The zero-order valence-electron chi connectivity index (χ0n) is 30.9. The second kappa shape index (κ2) is 16.6. The number of nitrogens with zero attached hydrogens (tertiary/aromatic N) is 6. The molecule has 276 valence electrons. The molecule has 6 aromatic rings. The molecule has 12 heteroatoms. The van der Waals surface area contributed by atoms with Gasteiger partial charge in [-0.15, -0.1) is 0 Å². The van der Waals surface area contributed by atoms with Gasteiger partial charge in [0.25, 0.3) is 5.91 Å². The first-order chi connectivity index (χ1) is 26.3. The Bertz CT molecular complexity index is 2230. The summed E-state index contributed by atoms with van der Waals surface area (Å²) in [5, 5.41) is 15.7. The summed E-state index contributed by atoms with van der Waals surface area (Å²) in [6.07, 6.45) is 9.68. The second-order valence-corrected chi connectivity index (χ2v) is 13.8. The minimum absolute atomic E-state index is 0.0869. The van der Waals surface area contributed by atoms with Crippen molar-refractivity contribution < 1.29 is 14.3 Å². The molecular weight excluding hydrogens is 679 g/mol. The van der Waals surface area contributed by atoms with Crippen molar-refractivity contribution >= 4 is 45.9 Å². The number of fused-ring (bicyclic) bond motifs is 1. The average Bonchev–Trinajstić information content (AvgIpc) is 3.59. The number of nitrogens with one attached hydrogen (secondary N) is 3. The zero-order valence-corrected chi connectivity index (χ0v) is 30.9. The molecule has 0 bridgehead atoms. The Morgan fingerprint density at radius 3 is 2.43 bits per heavy atom. The molecule has 4 heterocycles. The van der Waals surface area contributed by atoms with Gasteiger partial charge >= 0.3 is 6.03 Å². The van der Waals surface area contributed by atoms with Gasteiger partial charge in [0.1, 0.15) is 35.5 Å². The van der Waals surface area contributed by atoms with Gasteiger partial charge < -0.3 is 20.3 Å². The van der Waals surface area contributed by atoms with E-state index >= 15 is 0 Å². The summed E-state index contributed by atoms with van der Waals surface area (Å²) in [4.78, 5) is 41.4. The number of amides is 3. The zero-order chi connectivity index (χ0) is 37.4. The summed E-state index contributed by atoms with van der Waals surface area (Å²) in [5.74, 6) is 2.89. The lowest BCUT2D eigenvalue weighted by atomic mass is 9.99. The number of piperidine rings is 1. The van der Waals surface area contributed by atoms with Gasteiger partial charge in [0.2, 0.25) is 0 Å². The summed E-state index contributed by atoms with van der Waals surface area (Å²) < 4.78 is 8.09. The quantitative estimate of drug-likeness (QED) is 0.114. The highest BCUT2D eigenvalue weighted by Gasteiger charge is 2.22. The van der Waals surface area contributed by atoms with Crippen LogP contribution in [0.15, 0.2) is 97.5 Å². The van der Waals surface area contributed by atoms with Crippen LogP contribution in [0, 0.1) is 12.8 Å². The minimum atomic E-state index is -0.372. The molecule has 0 radical (unpaired) electrons. The number of anilines is 4. The normalized spacial score (nSPS) is 13.1. The van der Waals surface area contributed by atoms with Gasteiger partial charge in [0.05, 0.1) is 29.5 Å². The monoisotopic (exact) mass is 723 g/mol. The highest BCUT2D eigenvalue weighted by atomic mass is 16.5. The van der Waals surface area contributed by atoms with Crippen molar-refractivity contribution in [3.05, 3.63) is 120 Å². The summed E-state index contributed by atoms with van der Waals surface area (Å²) in [5.41, 5.74) is 4.83. The van der Waals surface area contributed by atoms with Crippen molar-refractivity contribution in [3.63, 3.8) is 0 Å². The third-order valence-corrected chi connectivity index (χ3v) is 9.62. The lowest BCUT2D eigenvalue weighted by Crippen LogP contribution is -2.38. The SMILES string of the molecule is CCCCc1cc(NC(=O)Nc2ccc(OCc3ccnc(Nc4cnc(C(=O)N5CCC(C)CC5)cn4)c3)c3ccccc23)n(-c2ccc(C)cc2)n1. The second-order valence-electron chi connectivity index (χ2n) is 13.8. The number of likely N-dealkylation sites (tertiary alicyclic amines) is 1. The van der Waals surface area contributed by atoms with Crippen molar-refractivity contribution in [1.29, 1.82) is 0 Å². The predicted molar refractivity (Wildman–Crippen MR) is 212 cm³/mol. The number of aromatic nitrogens is 5. The molecule has 12 nitrogen and oxygen atoms in total. The van der Waals surface area contributed by atoms with Crippen molar-refractivity contribution in [3.8, 4) is 11.4 Å². The van der Waals surface area contributed by atoms with E-state index in [1.807, 2.05) is 90.7 Å². The predicted octanol–water partition coefficient (Wildman–Crippen LogP) is 8.70. The Labute approximate surface area is 315 Å². The van der Waals surface area contributed by atoms with Gasteiger partial charge in [-0.2, -0.15) is 5.10 Å². The molecule has 3 amide bonds. The molecule has 0 spiro atoms. The van der Waals surface area contributed by atoms with Crippen LogP contribution in [0.25, 0.3) is 16.5 Å². The summed E-state index contributed by atoms with van der Waals surface area (Å²) >= 11 is 0. The van der Waals surface area contributed by atoms with Crippen LogP contribution in [0.3, 0.4) is 0 Å². The molecule has 3 aromatic carbocycles. The molecule has 0 aliphatic carbocycles. The van der Waals surface area contributed by atoms with Crippen molar-refractivity contribution in [2.24, 2.45) is 5.92 Å². The molecule has 0 unspecified atom stereocenters. The summed E-state index contributed by atoms with van der Waals surface area (Å²) in [6, 6.07) is 24.9. The van der Waals surface area contributed by atoms with E-state index in [4.69, 9.17) is 9.84 Å². The lowest BCUT2D eigenvalue weighted by molar-refractivity contribution is 0.0691. The fourth-order valence-electron chi connectivity index (χ4n) is 6.46. The van der Waals surface area contributed by atoms with Crippen LogP contribution in [-0.2, 0) is 13.0 Å². The fourth-order valence-corrected chi connectivity index (χ4v) is 6.46. The Morgan fingerprint density at radius 2 is 1.67 bits per heavy atom. The average molecular weight is 724 g/mol. The minimum Gasteiger partial charge on any atom is -0.488 e. The molecule has 0 atom stereocenters. The number of rotatable bonds is 12. The van der Waals surface area contributed by atoms with E-state index in [2.05, 4.69) is 44.7 Å². The Morgan fingerprint density at radius 1 is 0.870 bits per heavy atom. The number of hydrogen-bond donors (Lipinski definition) is 3. The van der Waals surface area contributed by atoms with Gasteiger partial charge in [-0.05, 0) is 80.5 Å². The Kier molecular flexibility index (Phi) is 11.1. The standard InChI is InChI=1S/C42H45N9O3/c1-4-5-8-31-24-40(51(49-31)32-13-11-28(2)12-14-32)48-42(53)46-35-15-16-37(34-10-7-6-9-33(34)35)54-27-30-17-20-43-38(23-30)47-39-26-44-36(25-45-39)41(52)50-21-18-29(3)19-22-50/h6-7,9-17,20,23-26,29H,4-5,8,18-19,21-22,27H2,1-3H3,(H,43,45,47)(H2,46,48,53). The van der Waals surface area contributed by atoms with Crippen molar-refractivity contribution in [2.45, 2.75) is 59.5 Å². The van der Waals surface area contributed by atoms with Crippen LogP contribution in [0.5, 0.6) is 5.75 Å². The van der Waals surface area contributed by atoms with Gasteiger partial charge in [-0.25, -0.2) is 24.4 Å². The third-order valence-electron chi connectivity index (χ3n) is 9.62. The molecular formula is C42H45N9O3. The van der Waals surface area contributed by atoms with E-state index in [9.17, 15) is 9.59 Å². The van der Waals surface area contributed by atoms with Crippen molar-refractivity contribution in [1.82, 2.24) is 29.6 Å². The number of ether oxygens (including phenoxy) is 1. The van der Waals surface area contributed by atoms with Gasteiger partial charge in [-0.1, -0.05) is 62.2 Å². The van der Waals surface area contributed by atoms with E-state index in [0.717, 1.165) is 78.5 Å². The third kappa shape index (κ3) is 8.66. The van der Waals surface area contributed by atoms with Crippen LogP contribution in [-0.4, -0.2) is 54.7 Å². The summed E-state index contributed by atoms with van der Waals surface area (Å²) in [7, 11) is 0. The molecule has 7 rings (SSSR count). The molecule has 1 aliphatic rings. The van der Waals surface area contributed by atoms with Crippen molar-refractivity contribution in [2.75, 3.05) is 29.0 Å². The van der Waals surface area contributed by atoms with E-state index in [1.54, 1.807) is 17.1 Å². The largest absolute Gasteiger partial charge is 0.488 e. The van der Waals surface area contributed by atoms with E-state index in [-0.39, 0.29) is 18.5 Å². The lowest BCUT2D eigenvalue weighted by Gasteiger charge is -2.29. The van der Waals surface area contributed by atoms with Gasteiger partial charge in [-0.3, -0.25) is 10.1 Å². The Balaban J connectivity index is 1.00. The maximum Gasteiger partial charge on any atom is 0.324 e. The maximum atomic E-state index is 13.4. The number of carbonyl (C=O) groups is 2. The molecule has 54 heavy (non-hydrogen) atoms. The number of hydrogen-bond acceptors (Lipinski definition) is 8. The Hall–Kier alpha value is -6.30. The van der Waals surface area contributed by atoms with Crippen LogP contribution >= 0.6 is 0 Å². The van der Waals surface area contributed by atoms with Gasteiger partial charge in [0, 0.05) is 36.1 Å². The first-order valence-electron chi connectivity index (χ1n) is 18.5. The van der Waals surface area contributed by atoms with Gasteiger partial charge in [0.15, 0.2) is 0 Å². The molecule has 0 saturated carbocycles. The number of aryl methyl sites for hydroxylation is 2. The summed E-state index contributed by atoms with van der Waals surface area (Å²) in [6.45, 7) is 8.18. The fraction of sp³-hybridized carbons (Fsp3) is 0.286. The molecule has 3 aromatic heterocycles. The first-order valence-corrected chi connectivity index (χ1v) is 18.5. The smallest absolute Gasteiger partial charge is 0.324 e. The number of unbranched alkanes of at least 4 members (excludes halogenated alkanes) is 1. The van der Waals surface area contributed by atoms with E-state index in [1.165, 1.54) is 6.20 Å². The molecule has 3 N–H and O–H groups in total. The highest BCUT2D eigenvalue weighted by Crippen LogP contribution is 2.33. The topological polar surface area (TPSA) is 139 Å². The maximum absolute atomic E-state index is 13.4. The van der Waals surface area contributed by atoms with Crippen LogP contribution in [0.4, 0.5) is 27.9 Å². The number of urea groups is 1. The molecule has 1 aliphatic heterocycles. The van der Waals surface area contributed by atoms with E-state index < -0.39 is 0 Å². The number of pyridine rings is 1. The first kappa shape index (κ1) is 36.1. The highest BCUT2D eigenvalue weighted by molar-refractivity contribution is 6.07. The van der Waals surface area contributed by atoms with Crippen LogP contribution in [0.1, 0.15) is 66.8 Å². The number of benzene rings is 3.